The minimum Gasteiger partial charge on any atom is -0.377 e. The largest absolute Gasteiger partial charge is 0.377 e. The van der Waals surface area contributed by atoms with E-state index >= 15 is 0 Å². The number of nitrogens with one attached hydrogen (secondary N) is 1. The van der Waals surface area contributed by atoms with Gasteiger partial charge in [0.2, 0.25) is 0 Å². The van der Waals surface area contributed by atoms with E-state index in [0.29, 0.717) is 22.7 Å². The zero-order valence-electron chi connectivity index (χ0n) is 9.24. The lowest BCUT2D eigenvalue weighted by Crippen LogP contribution is -2.33. The number of rotatable bonds is 3. The second kappa shape index (κ2) is 4.70. The molecule has 0 amide bonds. The fourth-order valence-electron chi connectivity index (χ4n) is 2.04. The summed E-state index contributed by atoms with van der Waals surface area (Å²) in [5, 5.41) is 14.6. The molecule has 2 rings (SSSR count). The first kappa shape index (κ1) is 12.5. The van der Waals surface area contributed by atoms with E-state index in [1.165, 1.54) is 12.1 Å². The Kier molecular flexibility index (Phi) is 3.45. The summed E-state index contributed by atoms with van der Waals surface area (Å²) in [7, 11) is 0. The lowest BCUT2D eigenvalue weighted by atomic mass is 9.82. The lowest BCUT2D eigenvalue weighted by molar-refractivity contribution is -0.384. The lowest BCUT2D eigenvalue weighted by Gasteiger charge is -2.33. The monoisotopic (exact) mass is 274 g/mol. The van der Waals surface area contributed by atoms with Crippen molar-refractivity contribution in [3.05, 3.63) is 32.3 Å². The molecule has 0 bridgehead atoms. The maximum absolute atomic E-state index is 10.9. The molecule has 17 heavy (non-hydrogen) atoms. The van der Waals surface area contributed by atoms with Crippen molar-refractivity contribution in [1.82, 2.24) is 0 Å². The molecule has 1 aliphatic carbocycles. The van der Waals surface area contributed by atoms with Gasteiger partial charge in [0.1, 0.15) is 5.69 Å². The summed E-state index contributed by atoms with van der Waals surface area (Å²) in [4.78, 5) is 10.4. The fraction of sp³-hybridized carbons (Fsp3) is 0.455. The first-order valence-electron chi connectivity index (χ1n) is 5.37. The van der Waals surface area contributed by atoms with Gasteiger partial charge in [-0.25, -0.2) is 0 Å². The van der Waals surface area contributed by atoms with Crippen LogP contribution in [-0.2, 0) is 0 Å². The number of nitrogens with zero attached hydrogens (tertiary/aromatic N) is 1. The van der Waals surface area contributed by atoms with E-state index in [-0.39, 0.29) is 10.7 Å². The van der Waals surface area contributed by atoms with Crippen LogP contribution in [0.5, 0.6) is 0 Å². The third-order valence-electron chi connectivity index (χ3n) is 2.97. The van der Waals surface area contributed by atoms with Crippen LogP contribution in [0.2, 0.25) is 10.0 Å². The molecule has 0 unspecified atom stereocenters. The predicted octanol–water partition coefficient (Wildman–Crippen LogP) is 4.11. The van der Waals surface area contributed by atoms with Crippen LogP contribution in [0.1, 0.15) is 19.8 Å². The van der Waals surface area contributed by atoms with E-state index in [4.69, 9.17) is 23.2 Å². The van der Waals surface area contributed by atoms with Gasteiger partial charge in [-0.2, -0.15) is 0 Å². The molecular weight excluding hydrogens is 263 g/mol. The minimum atomic E-state index is -0.452. The Balaban J connectivity index is 2.25. The van der Waals surface area contributed by atoms with Crippen LogP contribution >= 0.6 is 23.2 Å². The number of benzene rings is 1. The molecule has 0 aromatic heterocycles. The zero-order valence-corrected chi connectivity index (χ0v) is 10.8. The van der Waals surface area contributed by atoms with Crippen molar-refractivity contribution in [2.24, 2.45) is 5.92 Å². The van der Waals surface area contributed by atoms with E-state index in [9.17, 15) is 10.1 Å². The normalized spacial score (nSPS) is 23.0. The summed E-state index contributed by atoms with van der Waals surface area (Å²) in [6, 6.07) is 3.10. The second-order valence-electron chi connectivity index (χ2n) is 4.46. The highest BCUT2D eigenvalue weighted by Crippen LogP contribution is 2.37. The van der Waals surface area contributed by atoms with E-state index in [2.05, 4.69) is 12.2 Å². The highest BCUT2D eigenvalue weighted by atomic mass is 35.5. The van der Waals surface area contributed by atoms with Gasteiger partial charge < -0.3 is 5.32 Å². The molecule has 6 heteroatoms. The Morgan fingerprint density at radius 2 is 1.94 bits per heavy atom. The standard InChI is InChI=1S/C11H12Cl2N2O2/c1-6-2-7(3-6)14-10-4-8(12)9(13)5-11(10)15(16)17/h4-7,14H,2-3H2,1H3. The van der Waals surface area contributed by atoms with Crippen LogP contribution in [-0.4, -0.2) is 11.0 Å². The summed E-state index contributed by atoms with van der Waals surface area (Å²) >= 11 is 11.6. The number of anilines is 1. The van der Waals surface area contributed by atoms with Gasteiger partial charge in [-0.05, 0) is 24.8 Å². The molecule has 0 heterocycles. The van der Waals surface area contributed by atoms with Crippen molar-refractivity contribution in [3.63, 3.8) is 0 Å². The molecule has 92 valence electrons. The molecule has 0 spiro atoms. The molecule has 1 aliphatic rings. The Morgan fingerprint density at radius 1 is 1.35 bits per heavy atom. The second-order valence-corrected chi connectivity index (χ2v) is 5.27. The predicted molar refractivity (Wildman–Crippen MR) is 68.9 cm³/mol. The average Bonchev–Trinajstić information content (AvgIpc) is 2.20. The van der Waals surface area contributed by atoms with Gasteiger partial charge in [-0.15, -0.1) is 0 Å². The van der Waals surface area contributed by atoms with E-state index < -0.39 is 4.92 Å². The number of hydrogen-bond donors (Lipinski definition) is 1. The van der Waals surface area contributed by atoms with E-state index in [1.807, 2.05) is 0 Å². The van der Waals surface area contributed by atoms with Crippen molar-refractivity contribution in [1.29, 1.82) is 0 Å². The summed E-state index contributed by atoms with van der Waals surface area (Å²) in [5.74, 6) is 0.675. The van der Waals surface area contributed by atoms with Crippen LogP contribution in [0.25, 0.3) is 0 Å². The molecule has 1 aromatic rings. The van der Waals surface area contributed by atoms with Crippen molar-refractivity contribution < 1.29 is 4.92 Å². The summed E-state index contributed by atoms with van der Waals surface area (Å²) < 4.78 is 0. The van der Waals surface area contributed by atoms with E-state index in [0.717, 1.165) is 12.8 Å². The fourth-order valence-corrected chi connectivity index (χ4v) is 2.36. The van der Waals surface area contributed by atoms with Crippen molar-refractivity contribution in [3.8, 4) is 0 Å². The van der Waals surface area contributed by atoms with Crippen LogP contribution in [0.15, 0.2) is 12.1 Å². The summed E-state index contributed by atoms with van der Waals surface area (Å²) in [6.07, 6.45) is 2.05. The first-order valence-corrected chi connectivity index (χ1v) is 6.13. The van der Waals surface area contributed by atoms with Crippen LogP contribution in [0.4, 0.5) is 11.4 Å². The molecule has 0 radical (unpaired) electrons. The molecule has 0 atom stereocenters. The van der Waals surface area contributed by atoms with Crippen LogP contribution in [0, 0.1) is 16.0 Å². The SMILES string of the molecule is CC1CC(Nc2cc(Cl)c(Cl)cc2[N+](=O)[O-])C1. The molecule has 1 aromatic carbocycles. The smallest absolute Gasteiger partial charge is 0.293 e. The Bertz CT molecular complexity index is 459. The summed E-state index contributed by atoms with van der Waals surface area (Å²) in [6.45, 7) is 2.15. The van der Waals surface area contributed by atoms with Crippen molar-refractivity contribution in [2.45, 2.75) is 25.8 Å². The quantitative estimate of drug-likeness (QED) is 0.667. The third kappa shape index (κ3) is 2.64. The molecular formula is C11H12Cl2N2O2. The topological polar surface area (TPSA) is 55.2 Å². The number of hydrogen-bond acceptors (Lipinski definition) is 3. The van der Waals surface area contributed by atoms with Crippen LogP contribution in [0.3, 0.4) is 0 Å². The van der Waals surface area contributed by atoms with E-state index in [1.54, 1.807) is 0 Å². The minimum absolute atomic E-state index is 0.0287. The average molecular weight is 275 g/mol. The van der Waals surface area contributed by atoms with Gasteiger partial charge in [0.15, 0.2) is 0 Å². The highest BCUT2D eigenvalue weighted by molar-refractivity contribution is 6.42. The Labute approximate surface area is 109 Å². The Morgan fingerprint density at radius 3 is 2.47 bits per heavy atom. The van der Waals surface area contributed by atoms with Gasteiger partial charge in [0.05, 0.1) is 15.0 Å². The molecule has 0 aliphatic heterocycles. The molecule has 0 saturated heterocycles. The summed E-state index contributed by atoms with van der Waals surface area (Å²) in [5.41, 5.74) is 0.417. The van der Waals surface area contributed by atoms with Crippen LogP contribution < -0.4 is 5.32 Å². The van der Waals surface area contributed by atoms with Crippen molar-refractivity contribution >= 4 is 34.6 Å². The molecule has 1 fully saturated rings. The van der Waals surface area contributed by atoms with Crippen molar-refractivity contribution in [2.75, 3.05) is 5.32 Å². The maximum atomic E-state index is 10.9. The van der Waals surface area contributed by atoms with Gasteiger partial charge >= 0.3 is 0 Å². The van der Waals surface area contributed by atoms with Gasteiger partial charge in [0, 0.05) is 12.1 Å². The van der Waals surface area contributed by atoms with Gasteiger partial charge in [-0.3, -0.25) is 10.1 Å². The molecule has 1 N–H and O–H groups in total. The Hall–Kier alpha value is -1.00. The number of halogens is 2. The maximum Gasteiger partial charge on any atom is 0.293 e. The zero-order chi connectivity index (χ0) is 12.6. The molecule has 1 saturated carbocycles. The number of nitro groups is 1. The highest BCUT2D eigenvalue weighted by Gasteiger charge is 2.27. The number of nitro benzene ring substituents is 1. The van der Waals surface area contributed by atoms with Gasteiger partial charge in [0.25, 0.3) is 5.69 Å². The third-order valence-corrected chi connectivity index (χ3v) is 3.69. The van der Waals surface area contributed by atoms with Gasteiger partial charge in [-0.1, -0.05) is 30.1 Å². The molecule has 4 nitrogen and oxygen atoms in total. The first-order chi connectivity index (χ1) is 7.97.